The van der Waals surface area contributed by atoms with Crippen LogP contribution in [0.2, 0.25) is 0 Å². The molecule has 2 aliphatic heterocycles. The van der Waals surface area contributed by atoms with Gasteiger partial charge in [-0.3, -0.25) is 29.4 Å². The summed E-state index contributed by atoms with van der Waals surface area (Å²) in [5, 5.41) is 12.9. The van der Waals surface area contributed by atoms with E-state index in [0.717, 1.165) is 22.2 Å². The van der Waals surface area contributed by atoms with Crippen LogP contribution >= 0.6 is 11.8 Å². The van der Waals surface area contributed by atoms with E-state index < -0.39 is 28.5 Å². The Kier molecular flexibility index (Phi) is 8.06. The van der Waals surface area contributed by atoms with Crippen LogP contribution in [0.5, 0.6) is 23.0 Å². The fraction of sp³-hybridized carbons (Fsp3) is 0.179. The number of imide groups is 1. The highest BCUT2D eigenvalue weighted by Gasteiger charge is 2.36. The van der Waals surface area contributed by atoms with Crippen molar-refractivity contribution in [2.24, 2.45) is 0 Å². The van der Waals surface area contributed by atoms with Gasteiger partial charge in [0.05, 0.1) is 16.4 Å². The van der Waals surface area contributed by atoms with Crippen LogP contribution in [-0.2, 0) is 16.2 Å². The molecule has 12 nitrogen and oxygen atoms in total. The first-order valence-electron chi connectivity index (χ1n) is 12.4. The van der Waals surface area contributed by atoms with Crippen molar-refractivity contribution < 1.29 is 38.3 Å². The van der Waals surface area contributed by atoms with Crippen molar-refractivity contribution in [3.63, 3.8) is 0 Å². The van der Waals surface area contributed by atoms with E-state index in [4.69, 9.17) is 18.9 Å². The second kappa shape index (κ2) is 12.0. The van der Waals surface area contributed by atoms with Gasteiger partial charge in [0, 0.05) is 23.9 Å². The summed E-state index contributed by atoms with van der Waals surface area (Å²) >= 11 is 0.737. The number of nitro groups is 1. The Morgan fingerprint density at radius 1 is 1.05 bits per heavy atom. The first-order valence-corrected chi connectivity index (χ1v) is 13.2. The largest absolute Gasteiger partial charge is 0.490 e. The maximum atomic E-state index is 13.0. The molecule has 1 N–H and O–H groups in total. The number of carbonyl (C=O) groups excluding carboxylic acids is 3. The minimum atomic E-state index is -0.586. The van der Waals surface area contributed by atoms with E-state index in [1.807, 2.05) is 6.92 Å². The molecule has 0 bridgehead atoms. The maximum absolute atomic E-state index is 13.0. The number of hydrogen-bond acceptors (Lipinski definition) is 10. The van der Waals surface area contributed by atoms with Crippen molar-refractivity contribution >= 4 is 46.3 Å². The van der Waals surface area contributed by atoms with Crippen molar-refractivity contribution in [2.75, 3.05) is 25.3 Å². The van der Waals surface area contributed by atoms with Gasteiger partial charge in [-0.15, -0.1) is 0 Å². The summed E-state index contributed by atoms with van der Waals surface area (Å²) in [5.74, 6) is 0.792. The molecule has 3 aromatic carbocycles. The van der Waals surface area contributed by atoms with Gasteiger partial charge in [0.25, 0.3) is 16.8 Å². The number of fused-ring (bicyclic) bond motifs is 1. The number of non-ortho nitro benzene ring substituents is 1. The molecule has 5 rings (SSSR count). The monoisotopic (exact) mass is 577 g/mol. The molecular formula is C28H23N3O9S. The number of amides is 3. The molecule has 2 aliphatic rings. The van der Waals surface area contributed by atoms with Gasteiger partial charge in [0.15, 0.2) is 23.0 Å². The third kappa shape index (κ3) is 6.41. The molecule has 0 radical (unpaired) electrons. The van der Waals surface area contributed by atoms with Gasteiger partial charge in [-0.05, 0) is 72.3 Å². The molecular weight excluding hydrogens is 554 g/mol. The van der Waals surface area contributed by atoms with E-state index in [-0.39, 0.29) is 24.0 Å². The van der Waals surface area contributed by atoms with E-state index in [2.05, 4.69) is 5.32 Å². The summed E-state index contributed by atoms with van der Waals surface area (Å²) in [6.45, 7) is 1.97. The van der Waals surface area contributed by atoms with Crippen molar-refractivity contribution in [3.8, 4) is 23.0 Å². The summed E-state index contributed by atoms with van der Waals surface area (Å²) in [6, 6.07) is 16.0. The number of nitrogens with one attached hydrogen (secondary N) is 1. The molecule has 0 atom stereocenters. The van der Waals surface area contributed by atoms with Crippen LogP contribution in [0.15, 0.2) is 65.6 Å². The minimum Gasteiger partial charge on any atom is -0.490 e. The SMILES string of the molecule is CCOc1cc(/C=C2/SC(=O)N(CC(=O)Nc3ccc4c(c3)OCO4)C2=O)ccc1OCc1ccc([N+](=O)[O-])cc1. The Labute approximate surface area is 238 Å². The highest BCUT2D eigenvalue weighted by molar-refractivity contribution is 8.18. The van der Waals surface area contributed by atoms with Crippen molar-refractivity contribution in [1.29, 1.82) is 0 Å². The summed E-state index contributed by atoms with van der Waals surface area (Å²) in [7, 11) is 0. The number of thioether (sulfide) groups is 1. The number of nitrogens with zero attached hydrogens (tertiary/aromatic N) is 2. The van der Waals surface area contributed by atoms with Crippen LogP contribution in [0, 0.1) is 10.1 Å². The molecule has 41 heavy (non-hydrogen) atoms. The van der Waals surface area contributed by atoms with Crippen molar-refractivity contribution in [3.05, 3.63) is 86.8 Å². The van der Waals surface area contributed by atoms with Gasteiger partial charge in [-0.1, -0.05) is 6.07 Å². The van der Waals surface area contributed by atoms with Gasteiger partial charge in [-0.2, -0.15) is 0 Å². The zero-order valence-electron chi connectivity index (χ0n) is 21.7. The molecule has 3 amide bonds. The summed E-state index contributed by atoms with van der Waals surface area (Å²) in [4.78, 5) is 49.5. The fourth-order valence-corrected chi connectivity index (χ4v) is 4.82. The molecule has 2 heterocycles. The average molecular weight is 578 g/mol. The topological polar surface area (TPSA) is 147 Å². The van der Waals surface area contributed by atoms with Crippen molar-refractivity contribution in [2.45, 2.75) is 13.5 Å². The summed E-state index contributed by atoms with van der Waals surface area (Å²) in [6.07, 6.45) is 1.54. The number of nitro benzene ring substituents is 1. The molecule has 0 spiro atoms. The number of hydrogen-bond donors (Lipinski definition) is 1. The maximum Gasteiger partial charge on any atom is 0.294 e. The average Bonchev–Trinajstić information content (AvgIpc) is 3.52. The second-order valence-electron chi connectivity index (χ2n) is 8.74. The third-order valence-electron chi connectivity index (χ3n) is 5.94. The quantitative estimate of drug-likeness (QED) is 0.199. The van der Waals surface area contributed by atoms with Crippen LogP contribution in [0.1, 0.15) is 18.1 Å². The van der Waals surface area contributed by atoms with Crippen LogP contribution in [0.3, 0.4) is 0 Å². The van der Waals surface area contributed by atoms with Crippen LogP contribution < -0.4 is 24.3 Å². The summed E-state index contributed by atoms with van der Waals surface area (Å²) < 4.78 is 22.1. The molecule has 0 unspecified atom stereocenters. The van der Waals surface area contributed by atoms with Crippen LogP contribution in [0.25, 0.3) is 6.08 Å². The number of ether oxygens (including phenoxy) is 4. The van der Waals surface area contributed by atoms with E-state index in [1.165, 1.54) is 12.1 Å². The highest BCUT2D eigenvalue weighted by atomic mass is 32.2. The van der Waals surface area contributed by atoms with E-state index in [0.29, 0.717) is 40.9 Å². The smallest absolute Gasteiger partial charge is 0.294 e. The van der Waals surface area contributed by atoms with Gasteiger partial charge < -0.3 is 24.3 Å². The minimum absolute atomic E-state index is 0.0112. The summed E-state index contributed by atoms with van der Waals surface area (Å²) in [5.41, 5.74) is 1.76. The molecule has 1 fully saturated rings. The number of rotatable bonds is 10. The molecule has 0 saturated carbocycles. The lowest BCUT2D eigenvalue weighted by Gasteiger charge is -2.13. The Hall–Kier alpha value is -5.04. The van der Waals surface area contributed by atoms with Gasteiger partial charge in [0.2, 0.25) is 12.7 Å². The number of carbonyl (C=O) groups is 3. The zero-order chi connectivity index (χ0) is 28.9. The van der Waals surface area contributed by atoms with Crippen molar-refractivity contribution in [1.82, 2.24) is 4.90 Å². The molecule has 0 aliphatic carbocycles. The Bertz CT molecular complexity index is 1560. The fourth-order valence-electron chi connectivity index (χ4n) is 3.98. The van der Waals surface area contributed by atoms with Crippen LogP contribution in [-0.4, -0.2) is 46.8 Å². The van der Waals surface area contributed by atoms with Gasteiger partial charge in [0.1, 0.15) is 13.2 Å². The second-order valence-corrected chi connectivity index (χ2v) is 9.73. The predicted molar refractivity (Wildman–Crippen MR) is 149 cm³/mol. The molecule has 1 saturated heterocycles. The Morgan fingerprint density at radius 2 is 1.83 bits per heavy atom. The molecule has 210 valence electrons. The standard InChI is InChI=1S/C28H23N3O9S/c1-2-37-23-11-18(5-9-21(23)38-15-17-3-7-20(8-4-17)31(35)36)12-25-27(33)30(28(34)41-25)14-26(32)29-19-6-10-22-24(13-19)40-16-39-22/h3-13H,2,14-16H2,1H3,(H,29,32)/b25-12+. The zero-order valence-corrected chi connectivity index (χ0v) is 22.5. The Balaban J connectivity index is 1.24. The third-order valence-corrected chi connectivity index (χ3v) is 6.85. The first-order chi connectivity index (χ1) is 19.8. The first kappa shape index (κ1) is 27.5. The lowest BCUT2D eigenvalue weighted by Crippen LogP contribution is -2.36. The van der Waals surface area contributed by atoms with E-state index in [9.17, 15) is 24.5 Å². The van der Waals surface area contributed by atoms with Gasteiger partial charge in [-0.25, -0.2) is 0 Å². The molecule has 0 aromatic heterocycles. The lowest BCUT2D eigenvalue weighted by molar-refractivity contribution is -0.384. The van der Waals surface area contributed by atoms with Crippen LogP contribution in [0.4, 0.5) is 16.2 Å². The van der Waals surface area contributed by atoms with E-state index in [1.54, 1.807) is 54.6 Å². The highest BCUT2D eigenvalue weighted by Crippen LogP contribution is 2.36. The van der Waals surface area contributed by atoms with Gasteiger partial charge >= 0.3 is 0 Å². The molecule has 3 aromatic rings. The number of benzene rings is 3. The number of anilines is 1. The lowest BCUT2D eigenvalue weighted by atomic mass is 10.1. The molecule has 13 heteroatoms. The Morgan fingerprint density at radius 3 is 2.59 bits per heavy atom. The van der Waals surface area contributed by atoms with E-state index >= 15 is 0 Å². The normalized spacial score (nSPS) is 14.9. The predicted octanol–water partition coefficient (Wildman–Crippen LogP) is 4.98.